The minimum atomic E-state index is 0.456. The van der Waals surface area contributed by atoms with Gasteiger partial charge in [0.05, 0.1) is 19.5 Å². The van der Waals surface area contributed by atoms with E-state index in [4.69, 9.17) is 19.7 Å². The largest absolute Gasteiger partial charge is 0.378 e. The van der Waals surface area contributed by atoms with Crippen LogP contribution in [0.5, 0.6) is 0 Å². The number of nitrogens with zero attached hydrogens (tertiary/aromatic N) is 5. The van der Waals surface area contributed by atoms with E-state index in [0.717, 1.165) is 60.4 Å². The molecule has 1 N–H and O–H groups in total. The fourth-order valence-corrected chi connectivity index (χ4v) is 5.06. The van der Waals surface area contributed by atoms with Crippen molar-refractivity contribution in [3.63, 3.8) is 0 Å². The van der Waals surface area contributed by atoms with E-state index in [0.29, 0.717) is 6.04 Å². The lowest BCUT2D eigenvalue weighted by Crippen LogP contribution is -2.36. The van der Waals surface area contributed by atoms with Crippen LogP contribution in [0.1, 0.15) is 38.1 Å². The fraction of sp³-hybridized carbons (Fsp3) is 0.370. The van der Waals surface area contributed by atoms with Crippen molar-refractivity contribution >= 4 is 28.4 Å². The predicted octanol–water partition coefficient (Wildman–Crippen LogP) is 5.58. The molecule has 1 saturated heterocycles. The number of hydrogen-bond acceptors (Lipinski definition) is 6. The smallest absolute Gasteiger partial charge is 0.166 e. The van der Waals surface area contributed by atoms with Gasteiger partial charge in [-0.25, -0.2) is 15.0 Å². The number of fused-ring (bicyclic) bond motifs is 1. The summed E-state index contributed by atoms with van der Waals surface area (Å²) in [7, 11) is 0. The van der Waals surface area contributed by atoms with Gasteiger partial charge < -0.3 is 19.5 Å². The van der Waals surface area contributed by atoms with E-state index in [1.54, 1.807) is 0 Å². The first kappa shape index (κ1) is 21.1. The number of morpholine rings is 1. The molecule has 1 aliphatic heterocycles. The molecular formula is C27H30N6O. The number of ether oxygens (including phenoxy) is 1. The maximum Gasteiger partial charge on any atom is 0.166 e. The van der Waals surface area contributed by atoms with Crippen molar-refractivity contribution in [1.82, 2.24) is 19.5 Å². The van der Waals surface area contributed by atoms with Crippen LogP contribution in [0.15, 0.2) is 60.9 Å². The first-order valence-electron chi connectivity index (χ1n) is 12.3. The molecule has 0 bridgehead atoms. The van der Waals surface area contributed by atoms with Crippen molar-refractivity contribution in [2.24, 2.45) is 0 Å². The summed E-state index contributed by atoms with van der Waals surface area (Å²) in [4.78, 5) is 17.0. The zero-order chi connectivity index (χ0) is 22.7. The minimum absolute atomic E-state index is 0.456. The van der Waals surface area contributed by atoms with Crippen LogP contribution in [0.4, 0.5) is 17.2 Å². The molecule has 0 radical (unpaired) electrons. The number of anilines is 3. The van der Waals surface area contributed by atoms with E-state index < -0.39 is 0 Å². The molecule has 0 atom stereocenters. The quantitative estimate of drug-likeness (QED) is 0.425. The summed E-state index contributed by atoms with van der Waals surface area (Å²) in [5.41, 5.74) is 4.94. The fourth-order valence-electron chi connectivity index (χ4n) is 5.06. The van der Waals surface area contributed by atoms with Crippen LogP contribution in [0.2, 0.25) is 0 Å². The number of rotatable bonds is 5. The Morgan fingerprint density at radius 3 is 2.38 bits per heavy atom. The van der Waals surface area contributed by atoms with Gasteiger partial charge in [-0.2, -0.15) is 0 Å². The molecule has 1 saturated carbocycles. The van der Waals surface area contributed by atoms with Gasteiger partial charge in [0, 0.05) is 36.1 Å². The van der Waals surface area contributed by atoms with Crippen molar-refractivity contribution in [3.05, 3.63) is 60.9 Å². The Hall–Kier alpha value is -3.45. The first-order valence-corrected chi connectivity index (χ1v) is 12.3. The van der Waals surface area contributed by atoms with Gasteiger partial charge in [0.15, 0.2) is 22.8 Å². The summed E-state index contributed by atoms with van der Waals surface area (Å²) in [6, 6.07) is 19.2. The second kappa shape index (κ2) is 9.43. The van der Waals surface area contributed by atoms with E-state index >= 15 is 0 Å². The Bertz CT molecular complexity index is 1240. The van der Waals surface area contributed by atoms with Crippen molar-refractivity contribution < 1.29 is 4.74 Å². The maximum atomic E-state index is 5.48. The lowest BCUT2D eigenvalue weighted by atomic mass is 9.95. The van der Waals surface area contributed by atoms with Crippen LogP contribution in [0.3, 0.4) is 0 Å². The van der Waals surface area contributed by atoms with Gasteiger partial charge in [0.2, 0.25) is 0 Å². The molecule has 2 aromatic heterocycles. The second-order valence-electron chi connectivity index (χ2n) is 9.15. The lowest BCUT2D eigenvalue weighted by Gasteiger charge is -2.28. The molecule has 7 heteroatoms. The molecule has 7 nitrogen and oxygen atoms in total. The second-order valence-corrected chi connectivity index (χ2v) is 9.15. The van der Waals surface area contributed by atoms with Gasteiger partial charge >= 0.3 is 0 Å². The van der Waals surface area contributed by atoms with Crippen LogP contribution < -0.4 is 10.2 Å². The predicted molar refractivity (Wildman–Crippen MR) is 136 cm³/mol. The molecule has 2 aliphatic rings. The molecule has 4 aromatic rings. The summed E-state index contributed by atoms with van der Waals surface area (Å²) in [5, 5.41) is 3.53. The molecule has 3 heterocycles. The number of nitrogens with one attached hydrogen (secondary N) is 1. The molecule has 174 valence electrons. The zero-order valence-corrected chi connectivity index (χ0v) is 19.4. The molecule has 0 spiro atoms. The summed E-state index contributed by atoms with van der Waals surface area (Å²) in [6.45, 7) is 3.42. The first-order chi connectivity index (χ1) is 16.8. The third-order valence-electron chi connectivity index (χ3n) is 6.93. The molecule has 2 fully saturated rings. The summed E-state index contributed by atoms with van der Waals surface area (Å²) < 4.78 is 7.75. The van der Waals surface area contributed by atoms with E-state index in [1.807, 2.05) is 24.5 Å². The van der Waals surface area contributed by atoms with Crippen LogP contribution in [-0.4, -0.2) is 45.8 Å². The van der Waals surface area contributed by atoms with Gasteiger partial charge in [-0.1, -0.05) is 49.6 Å². The standard InChI is InChI=1S/C27H30N6O/c1-3-7-20(8-4-1)25-30-26(24-27(31-25)33(19-28-24)23-9-5-2-6-10-23)29-21-11-13-22(14-12-21)32-15-17-34-18-16-32/h1,3-4,7-8,11-14,19,23H,2,5-6,9-10,15-18H2,(H,29,30,31). The lowest BCUT2D eigenvalue weighted by molar-refractivity contribution is 0.122. The van der Waals surface area contributed by atoms with Crippen LogP contribution in [0, 0.1) is 0 Å². The summed E-state index contributed by atoms with van der Waals surface area (Å²) in [5.74, 6) is 1.47. The molecule has 0 amide bonds. The maximum absolute atomic E-state index is 5.48. The van der Waals surface area contributed by atoms with Crippen molar-refractivity contribution in [1.29, 1.82) is 0 Å². The Kier molecular flexibility index (Phi) is 5.85. The highest BCUT2D eigenvalue weighted by Crippen LogP contribution is 2.33. The Morgan fingerprint density at radius 2 is 1.62 bits per heavy atom. The van der Waals surface area contributed by atoms with Gasteiger partial charge in [-0.15, -0.1) is 0 Å². The monoisotopic (exact) mass is 454 g/mol. The van der Waals surface area contributed by atoms with Crippen molar-refractivity contribution in [2.45, 2.75) is 38.1 Å². The van der Waals surface area contributed by atoms with Crippen LogP contribution in [-0.2, 0) is 4.74 Å². The van der Waals surface area contributed by atoms with Crippen LogP contribution >= 0.6 is 0 Å². The Morgan fingerprint density at radius 1 is 0.853 bits per heavy atom. The number of benzene rings is 2. The topological polar surface area (TPSA) is 68.1 Å². The third kappa shape index (κ3) is 4.23. The highest BCUT2D eigenvalue weighted by atomic mass is 16.5. The van der Waals surface area contributed by atoms with E-state index in [1.165, 1.54) is 37.8 Å². The Labute approximate surface area is 199 Å². The average Bonchev–Trinajstić information content (AvgIpc) is 3.35. The van der Waals surface area contributed by atoms with Crippen molar-refractivity contribution in [2.75, 3.05) is 36.5 Å². The zero-order valence-electron chi connectivity index (χ0n) is 19.4. The summed E-state index contributed by atoms with van der Waals surface area (Å²) >= 11 is 0. The highest BCUT2D eigenvalue weighted by Gasteiger charge is 2.21. The normalized spacial score (nSPS) is 17.2. The highest BCUT2D eigenvalue weighted by molar-refractivity contribution is 5.87. The molecule has 34 heavy (non-hydrogen) atoms. The van der Waals surface area contributed by atoms with Gasteiger partial charge in [0.25, 0.3) is 0 Å². The van der Waals surface area contributed by atoms with Gasteiger partial charge in [-0.05, 0) is 37.1 Å². The molecule has 1 aliphatic carbocycles. The molecule has 6 rings (SSSR count). The van der Waals surface area contributed by atoms with Crippen LogP contribution in [0.25, 0.3) is 22.6 Å². The number of imidazole rings is 1. The minimum Gasteiger partial charge on any atom is -0.378 e. The number of aromatic nitrogens is 4. The molecule has 0 unspecified atom stereocenters. The SMILES string of the molecule is c1ccc(-c2nc(Nc3ccc(N4CCOCC4)cc3)c3ncn(C4CCCCC4)c3n2)cc1. The molecule has 2 aromatic carbocycles. The Balaban J connectivity index is 1.36. The van der Waals surface area contributed by atoms with E-state index in [9.17, 15) is 0 Å². The van der Waals surface area contributed by atoms with Gasteiger partial charge in [-0.3, -0.25) is 0 Å². The van der Waals surface area contributed by atoms with E-state index in [-0.39, 0.29) is 0 Å². The van der Waals surface area contributed by atoms with Crippen molar-refractivity contribution in [3.8, 4) is 11.4 Å². The summed E-state index contributed by atoms with van der Waals surface area (Å²) in [6.07, 6.45) is 8.17. The molecular weight excluding hydrogens is 424 g/mol. The third-order valence-corrected chi connectivity index (χ3v) is 6.93. The van der Waals surface area contributed by atoms with Gasteiger partial charge in [0.1, 0.15) is 0 Å². The van der Waals surface area contributed by atoms with E-state index in [2.05, 4.69) is 51.2 Å². The number of hydrogen-bond donors (Lipinski definition) is 1. The average molecular weight is 455 g/mol.